The third kappa shape index (κ3) is 5.09. The average Bonchev–Trinajstić information content (AvgIpc) is 2.05. The minimum absolute atomic E-state index is 0.178. The van der Waals surface area contributed by atoms with Crippen LogP contribution in [0.2, 0.25) is 0 Å². The molecule has 66 valence electrons. The first-order valence-corrected chi connectivity index (χ1v) is 4.57. The summed E-state index contributed by atoms with van der Waals surface area (Å²) in [5.41, 5.74) is 0. The van der Waals surface area contributed by atoms with E-state index in [-0.39, 0.29) is 13.1 Å². The molecular formula is C7H10BrN3O. The molecule has 4 nitrogen and oxygen atoms in total. The van der Waals surface area contributed by atoms with Crippen LogP contribution in [0.1, 0.15) is 0 Å². The summed E-state index contributed by atoms with van der Waals surface area (Å²) in [4.78, 5) is 1.59. The van der Waals surface area contributed by atoms with Gasteiger partial charge in [-0.25, -0.2) is 0 Å². The lowest BCUT2D eigenvalue weighted by molar-refractivity contribution is 0.146. The molecule has 1 N–H and O–H groups in total. The maximum Gasteiger partial charge on any atom is 0.0875 e. The van der Waals surface area contributed by atoms with Gasteiger partial charge in [0.1, 0.15) is 0 Å². The first-order valence-electron chi connectivity index (χ1n) is 3.44. The maximum atomic E-state index is 9.17. The summed E-state index contributed by atoms with van der Waals surface area (Å²) in [5.74, 6) is 0. The van der Waals surface area contributed by atoms with Crippen LogP contribution in [-0.2, 0) is 0 Å². The Morgan fingerprint density at radius 1 is 1.33 bits per heavy atom. The molecule has 0 aliphatic heterocycles. The van der Waals surface area contributed by atoms with Gasteiger partial charge in [0.2, 0.25) is 0 Å². The summed E-state index contributed by atoms with van der Waals surface area (Å²) in [6.45, 7) is 0.710. The van der Waals surface area contributed by atoms with Crippen LogP contribution in [0.5, 0.6) is 0 Å². The van der Waals surface area contributed by atoms with Gasteiger partial charge in [-0.05, 0) is 0 Å². The van der Waals surface area contributed by atoms with Gasteiger partial charge in [-0.2, -0.15) is 10.5 Å². The Morgan fingerprint density at radius 3 is 2.17 bits per heavy atom. The fourth-order valence-electron chi connectivity index (χ4n) is 0.732. The lowest BCUT2D eigenvalue weighted by atomic mass is 10.3. The van der Waals surface area contributed by atoms with Gasteiger partial charge in [0, 0.05) is 11.9 Å². The Bertz CT molecular complexity index is 180. The molecule has 0 fully saturated rings. The largest absolute Gasteiger partial charge is 0.391 e. The Balaban J connectivity index is 3.80. The fourth-order valence-corrected chi connectivity index (χ4v) is 0.937. The van der Waals surface area contributed by atoms with Gasteiger partial charge in [-0.3, -0.25) is 4.90 Å². The van der Waals surface area contributed by atoms with Gasteiger partial charge < -0.3 is 5.11 Å². The molecule has 0 amide bonds. The van der Waals surface area contributed by atoms with Gasteiger partial charge in [-0.1, -0.05) is 15.9 Å². The summed E-state index contributed by atoms with van der Waals surface area (Å²) in [5, 5.41) is 26.3. The molecule has 0 aromatic carbocycles. The number of aliphatic hydroxyl groups excluding tert-OH is 1. The number of nitriles is 2. The minimum atomic E-state index is -0.522. The minimum Gasteiger partial charge on any atom is -0.391 e. The van der Waals surface area contributed by atoms with Crippen LogP contribution in [0, 0.1) is 22.7 Å². The molecule has 12 heavy (non-hydrogen) atoms. The van der Waals surface area contributed by atoms with Crippen molar-refractivity contribution in [3.05, 3.63) is 0 Å². The number of hydrogen-bond donors (Lipinski definition) is 1. The van der Waals surface area contributed by atoms with E-state index < -0.39 is 6.10 Å². The van der Waals surface area contributed by atoms with Crippen LogP contribution < -0.4 is 0 Å². The molecule has 5 heteroatoms. The van der Waals surface area contributed by atoms with E-state index in [1.165, 1.54) is 0 Å². The smallest absolute Gasteiger partial charge is 0.0875 e. The molecule has 1 atom stereocenters. The topological polar surface area (TPSA) is 71.0 Å². The third-order valence-electron chi connectivity index (χ3n) is 1.24. The number of hydrogen-bond acceptors (Lipinski definition) is 4. The summed E-state index contributed by atoms with van der Waals surface area (Å²) in [6, 6.07) is 3.86. The van der Waals surface area contributed by atoms with Crippen LogP contribution >= 0.6 is 15.9 Å². The zero-order valence-corrected chi connectivity index (χ0v) is 8.16. The molecule has 0 rings (SSSR count). The molecule has 0 aliphatic carbocycles. The predicted octanol–water partition coefficient (Wildman–Crippen LogP) is 0.0914. The molecule has 0 aromatic heterocycles. The SMILES string of the molecule is N#CCN(CC#N)CC(O)CBr. The first-order chi connectivity index (χ1) is 5.74. The van der Waals surface area contributed by atoms with Crippen molar-refractivity contribution in [2.24, 2.45) is 0 Å². The molecule has 0 bridgehead atoms. The molecule has 0 aliphatic rings. The summed E-state index contributed by atoms with van der Waals surface area (Å²) >= 11 is 3.10. The molecule has 0 aromatic rings. The Labute approximate surface area is 80.1 Å². The Morgan fingerprint density at radius 2 is 1.83 bits per heavy atom. The van der Waals surface area contributed by atoms with Gasteiger partial charge in [0.05, 0.1) is 31.3 Å². The molecule has 1 unspecified atom stereocenters. The number of nitrogens with zero attached hydrogens (tertiary/aromatic N) is 3. The van der Waals surface area contributed by atoms with Crippen LogP contribution in [0.25, 0.3) is 0 Å². The summed E-state index contributed by atoms with van der Waals surface area (Å²) in [7, 11) is 0. The fraction of sp³-hybridized carbons (Fsp3) is 0.714. The van der Waals surface area contributed by atoms with Crippen molar-refractivity contribution in [2.75, 3.05) is 25.0 Å². The molecule has 0 heterocycles. The normalized spacial score (nSPS) is 12.1. The second-order valence-corrected chi connectivity index (χ2v) is 2.94. The second-order valence-electron chi connectivity index (χ2n) is 2.29. The van der Waals surface area contributed by atoms with Crippen molar-refractivity contribution in [2.45, 2.75) is 6.10 Å². The van der Waals surface area contributed by atoms with Crippen LogP contribution in [0.15, 0.2) is 0 Å². The van der Waals surface area contributed by atoms with Crippen molar-refractivity contribution >= 4 is 15.9 Å². The van der Waals surface area contributed by atoms with Gasteiger partial charge in [0.25, 0.3) is 0 Å². The number of alkyl halides is 1. The number of halogens is 1. The lowest BCUT2D eigenvalue weighted by Crippen LogP contribution is -2.33. The number of rotatable bonds is 5. The predicted molar refractivity (Wildman–Crippen MR) is 47.5 cm³/mol. The highest BCUT2D eigenvalue weighted by molar-refractivity contribution is 9.09. The summed E-state index contributed by atoms with van der Waals surface area (Å²) in [6.07, 6.45) is -0.522. The zero-order valence-electron chi connectivity index (χ0n) is 6.57. The molecule has 0 saturated heterocycles. The molecule has 0 spiro atoms. The second kappa shape index (κ2) is 7.05. The van der Waals surface area contributed by atoms with Crippen molar-refractivity contribution in [1.82, 2.24) is 4.90 Å². The van der Waals surface area contributed by atoms with Gasteiger partial charge in [0.15, 0.2) is 0 Å². The van der Waals surface area contributed by atoms with E-state index >= 15 is 0 Å². The van der Waals surface area contributed by atoms with E-state index in [0.717, 1.165) is 0 Å². The highest BCUT2D eigenvalue weighted by Crippen LogP contribution is 1.95. The van der Waals surface area contributed by atoms with Crippen molar-refractivity contribution in [3.8, 4) is 12.1 Å². The van der Waals surface area contributed by atoms with E-state index in [9.17, 15) is 5.11 Å². The van der Waals surface area contributed by atoms with E-state index in [4.69, 9.17) is 10.5 Å². The first kappa shape index (κ1) is 11.4. The Hall–Kier alpha value is -0.620. The van der Waals surface area contributed by atoms with Crippen molar-refractivity contribution in [3.63, 3.8) is 0 Å². The highest BCUT2D eigenvalue weighted by atomic mass is 79.9. The standard InChI is InChI=1S/C7H10BrN3O/c8-5-7(12)6-11(3-1-9)4-2-10/h7,12H,3-6H2. The van der Waals surface area contributed by atoms with Gasteiger partial charge in [-0.15, -0.1) is 0 Å². The number of aliphatic hydroxyl groups is 1. The van der Waals surface area contributed by atoms with E-state index in [1.807, 2.05) is 12.1 Å². The lowest BCUT2D eigenvalue weighted by Gasteiger charge is -2.17. The molecule has 0 radical (unpaired) electrons. The maximum absolute atomic E-state index is 9.17. The van der Waals surface area contributed by atoms with Gasteiger partial charge >= 0.3 is 0 Å². The summed E-state index contributed by atoms with van der Waals surface area (Å²) < 4.78 is 0. The molecule has 0 saturated carbocycles. The van der Waals surface area contributed by atoms with Crippen LogP contribution in [0.4, 0.5) is 0 Å². The zero-order chi connectivity index (χ0) is 9.40. The monoisotopic (exact) mass is 231 g/mol. The van der Waals surface area contributed by atoms with Crippen LogP contribution in [0.3, 0.4) is 0 Å². The highest BCUT2D eigenvalue weighted by Gasteiger charge is 2.09. The molecular weight excluding hydrogens is 222 g/mol. The van der Waals surface area contributed by atoms with Crippen molar-refractivity contribution < 1.29 is 5.11 Å². The van der Waals surface area contributed by atoms with Crippen molar-refractivity contribution in [1.29, 1.82) is 10.5 Å². The Kier molecular flexibility index (Phi) is 6.69. The third-order valence-corrected chi connectivity index (χ3v) is 1.98. The van der Waals surface area contributed by atoms with E-state index in [1.54, 1.807) is 4.90 Å². The quantitative estimate of drug-likeness (QED) is 0.538. The van der Waals surface area contributed by atoms with E-state index in [2.05, 4.69) is 15.9 Å². The van der Waals surface area contributed by atoms with E-state index in [0.29, 0.717) is 11.9 Å². The average molecular weight is 232 g/mol. The van der Waals surface area contributed by atoms with Crippen LogP contribution in [-0.4, -0.2) is 41.1 Å².